The van der Waals surface area contributed by atoms with Gasteiger partial charge in [-0.15, -0.1) is 10.2 Å². The van der Waals surface area contributed by atoms with Gasteiger partial charge in [0.2, 0.25) is 16.0 Å². The monoisotopic (exact) mass is 446 g/mol. The van der Waals surface area contributed by atoms with Gasteiger partial charge in [0.25, 0.3) is 5.91 Å². The standard InChI is InChI=1S/C19H22N6O5S/c1-11-6-7-20-25(11)19-23-22-18(31-19)21-16(26)14-9-13(15(29-3)17(27)30-14)24-8-4-5-12(24)10-28-2/h6-7,9,12H,4-5,8,10H2,1-3H3,(H,21,22,26)/t12-/m1/s1. The molecule has 12 heteroatoms. The molecule has 0 unspecified atom stereocenters. The van der Waals surface area contributed by atoms with Gasteiger partial charge in [0.1, 0.15) is 0 Å². The van der Waals surface area contributed by atoms with Crippen LogP contribution >= 0.6 is 11.3 Å². The third kappa shape index (κ3) is 4.16. The Morgan fingerprint density at radius 3 is 2.94 bits per heavy atom. The van der Waals surface area contributed by atoms with Crippen molar-refractivity contribution in [1.82, 2.24) is 20.0 Å². The Hall–Kier alpha value is -3.25. The van der Waals surface area contributed by atoms with Crippen molar-refractivity contribution < 1.29 is 18.7 Å². The summed E-state index contributed by atoms with van der Waals surface area (Å²) in [5, 5.41) is 15.6. The predicted molar refractivity (Wildman–Crippen MR) is 113 cm³/mol. The van der Waals surface area contributed by atoms with Gasteiger partial charge in [-0.05, 0) is 25.8 Å². The Morgan fingerprint density at radius 2 is 2.23 bits per heavy atom. The molecule has 0 saturated carbocycles. The molecule has 0 aliphatic carbocycles. The molecule has 11 nitrogen and oxygen atoms in total. The van der Waals surface area contributed by atoms with Gasteiger partial charge in [-0.2, -0.15) is 5.10 Å². The second-order valence-corrected chi connectivity index (χ2v) is 7.95. The van der Waals surface area contributed by atoms with Crippen LogP contribution in [0.3, 0.4) is 0 Å². The number of hydrogen-bond donors (Lipinski definition) is 1. The van der Waals surface area contributed by atoms with Crippen LogP contribution in [0, 0.1) is 6.92 Å². The van der Waals surface area contributed by atoms with Crippen LogP contribution in [0.15, 0.2) is 27.5 Å². The summed E-state index contributed by atoms with van der Waals surface area (Å²) in [5.74, 6) is -0.689. The van der Waals surface area contributed by atoms with Gasteiger partial charge < -0.3 is 18.8 Å². The molecule has 1 amide bonds. The minimum Gasteiger partial charge on any atom is -0.488 e. The molecule has 1 saturated heterocycles. The van der Waals surface area contributed by atoms with Crippen molar-refractivity contribution in [2.45, 2.75) is 25.8 Å². The SMILES string of the molecule is COC[C@H]1CCCN1c1cc(C(=O)Nc2nnc(-n3nccc3C)s2)oc(=O)c1OC. The first-order chi connectivity index (χ1) is 15.0. The van der Waals surface area contributed by atoms with E-state index < -0.39 is 11.5 Å². The third-order valence-electron chi connectivity index (χ3n) is 5.01. The lowest BCUT2D eigenvalue weighted by molar-refractivity contribution is 0.0991. The van der Waals surface area contributed by atoms with E-state index in [1.807, 2.05) is 17.9 Å². The number of nitrogens with one attached hydrogen (secondary N) is 1. The lowest BCUT2D eigenvalue weighted by Gasteiger charge is -2.27. The van der Waals surface area contributed by atoms with Crippen LogP contribution in [-0.2, 0) is 4.74 Å². The third-order valence-corrected chi connectivity index (χ3v) is 5.82. The van der Waals surface area contributed by atoms with E-state index in [2.05, 4.69) is 20.6 Å². The summed E-state index contributed by atoms with van der Waals surface area (Å²) in [5.41, 5.74) is 0.669. The van der Waals surface area contributed by atoms with Gasteiger partial charge in [0.15, 0.2) is 5.76 Å². The highest BCUT2D eigenvalue weighted by Crippen LogP contribution is 2.32. The number of aromatic nitrogens is 4. The quantitative estimate of drug-likeness (QED) is 0.579. The summed E-state index contributed by atoms with van der Waals surface area (Å²) in [4.78, 5) is 27.3. The maximum Gasteiger partial charge on any atom is 0.381 e. The van der Waals surface area contributed by atoms with Gasteiger partial charge in [-0.25, -0.2) is 9.48 Å². The van der Waals surface area contributed by atoms with Crippen molar-refractivity contribution in [2.75, 3.05) is 37.6 Å². The normalized spacial score (nSPS) is 16.0. The fourth-order valence-electron chi connectivity index (χ4n) is 3.58. The lowest BCUT2D eigenvalue weighted by atomic mass is 10.2. The molecule has 164 valence electrons. The van der Waals surface area contributed by atoms with Crippen LogP contribution in [0.4, 0.5) is 10.8 Å². The number of methoxy groups -OCH3 is 2. The average molecular weight is 446 g/mol. The van der Waals surface area contributed by atoms with Gasteiger partial charge in [-0.3, -0.25) is 10.1 Å². The minimum absolute atomic E-state index is 0.0620. The molecular weight excluding hydrogens is 424 g/mol. The van der Waals surface area contributed by atoms with E-state index in [-0.39, 0.29) is 22.7 Å². The molecule has 4 rings (SSSR count). The van der Waals surface area contributed by atoms with E-state index in [0.717, 1.165) is 36.4 Å². The fraction of sp³-hybridized carbons (Fsp3) is 0.421. The number of carbonyl (C=O) groups excluding carboxylic acids is 1. The zero-order valence-electron chi connectivity index (χ0n) is 17.3. The number of ether oxygens (including phenoxy) is 2. The Labute approximate surface area is 181 Å². The van der Waals surface area contributed by atoms with Crippen LogP contribution < -0.4 is 20.6 Å². The Morgan fingerprint density at radius 1 is 1.39 bits per heavy atom. The first-order valence-corrected chi connectivity index (χ1v) is 10.5. The predicted octanol–water partition coefficient (Wildman–Crippen LogP) is 1.86. The fourth-order valence-corrected chi connectivity index (χ4v) is 4.34. The molecule has 3 aromatic heterocycles. The van der Waals surface area contributed by atoms with Gasteiger partial charge in [-0.1, -0.05) is 11.3 Å². The van der Waals surface area contributed by atoms with E-state index in [0.29, 0.717) is 17.4 Å². The summed E-state index contributed by atoms with van der Waals surface area (Å²) >= 11 is 1.15. The van der Waals surface area contributed by atoms with E-state index >= 15 is 0 Å². The van der Waals surface area contributed by atoms with Crippen molar-refractivity contribution in [1.29, 1.82) is 0 Å². The molecule has 1 fully saturated rings. The second kappa shape index (κ2) is 8.86. The van der Waals surface area contributed by atoms with E-state index in [1.54, 1.807) is 18.0 Å². The summed E-state index contributed by atoms with van der Waals surface area (Å²) < 4.78 is 17.4. The van der Waals surface area contributed by atoms with Crippen molar-refractivity contribution in [2.24, 2.45) is 0 Å². The van der Waals surface area contributed by atoms with Gasteiger partial charge >= 0.3 is 5.63 Å². The highest BCUT2D eigenvalue weighted by molar-refractivity contribution is 7.17. The summed E-state index contributed by atoms with van der Waals surface area (Å²) in [7, 11) is 3.03. The van der Waals surface area contributed by atoms with E-state index in [1.165, 1.54) is 13.2 Å². The number of anilines is 2. The molecule has 0 aromatic carbocycles. The zero-order valence-corrected chi connectivity index (χ0v) is 18.1. The molecule has 0 spiro atoms. The van der Waals surface area contributed by atoms with Crippen LogP contribution in [0.5, 0.6) is 5.75 Å². The number of hydrogen-bond acceptors (Lipinski definition) is 10. The molecule has 3 aromatic rings. The van der Waals surface area contributed by atoms with Crippen molar-refractivity contribution >= 4 is 28.1 Å². The first kappa shape index (κ1) is 21.0. The van der Waals surface area contributed by atoms with E-state index in [9.17, 15) is 9.59 Å². The number of carbonyl (C=O) groups is 1. The van der Waals surface area contributed by atoms with Crippen LogP contribution in [0.2, 0.25) is 0 Å². The molecule has 0 radical (unpaired) electrons. The number of amides is 1. The maximum atomic E-state index is 12.8. The molecule has 31 heavy (non-hydrogen) atoms. The molecule has 1 aliphatic rings. The smallest absolute Gasteiger partial charge is 0.381 e. The van der Waals surface area contributed by atoms with Crippen LogP contribution in [0.25, 0.3) is 5.13 Å². The average Bonchev–Trinajstić information content (AvgIpc) is 3.49. The van der Waals surface area contributed by atoms with Crippen LogP contribution in [-0.4, -0.2) is 59.3 Å². The summed E-state index contributed by atoms with van der Waals surface area (Å²) in [6.45, 7) is 3.11. The highest BCUT2D eigenvalue weighted by Gasteiger charge is 2.30. The summed E-state index contributed by atoms with van der Waals surface area (Å²) in [6.07, 6.45) is 3.51. The molecular formula is C19H22N6O5S. The molecule has 1 aliphatic heterocycles. The largest absolute Gasteiger partial charge is 0.488 e. The Balaban J connectivity index is 1.60. The Kier molecular flexibility index (Phi) is 6.00. The van der Waals surface area contributed by atoms with Crippen molar-refractivity contribution in [3.05, 3.63) is 40.2 Å². The van der Waals surface area contributed by atoms with Crippen LogP contribution in [0.1, 0.15) is 29.1 Å². The molecule has 0 bridgehead atoms. The number of aryl methyl sites for hydroxylation is 1. The Bertz CT molecular complexity index is 1140. The number of rotatable bonds is 7. The highest BCUT2D eigenvalue weighted by atomic mass is 32.1. The molecule has 1 atom stereocenters. The van der Waals surface area contributed by atoms with Gasteiger partial charge in [0, 0.05) is 31.6 Å². The molecule has 1 N–H and O–H groups in total. The van der Waals surface area contributed by atoms with Crippen molar-refractivity contribution in [3.8, 4) is 10.9 Å². The van der Waals surface area contributed by atoms with E-state index in [4.69, 9.17) is 13.9 Å². The topological polar surface area (TPSA) is 125 Å². The second-order valence-electron chi connectivity index (χ2n) is 6.99. The maximum absolute atomic E-state index is 12.8. The zero-order chi connectivity index (χ0) is 22.0. The lowest BCUT2D eigenvalue weighted by Crippen LogP contribution is -2.34. The van der Waals surface area contributed by atoms with Crippen molar-refractivity contribution in [3.63, 3.8) is 0 Å². The molecule has 4 heterocycles. The first-order valence-electron chi connectivity index (χ1n) is 9.65. The number of nitrogens with zero attached hydrogens (tertiary/aromatic N) is 5. The summed E-state index contributed by atoms with van der Waals surface area (Å²) in [6, 6.07) is 3.44. The minimum atomic E-state index is -0.724. The van der Waals surface area contributed by atoms with Gasteiger partial charge in [0.05, 0.1) is 25.4 Å².